The summed E-state index contributed by atoms with van der Waals surface area (Å²) in [5.41, 5.74) is 9.83. The lowest BCUT2D eigenvalue weighted by Crippen LogP contribution is -2.27. The first-order chi connectivity index (χ1) is 12.4. The zero-order valence-corrected chi connectivity index (χ0v) is 15.4. The summed E-state index contributed by atoms with van der Waals surface area (Å²) >= 11 is 11.9. The number of primary amides is 1. The molecule has 0 saturated carbocycles. The van der Waals surface area contributed by atoms with Gasteiger partial charge in [-0.3, -0.25) is 4.79 Å². The molecule has 0 bridgehead atoms. The van der Waals surface area contributed by atoms with Crippen molar-refractivity contribution < 1.29 is 14.0 Å². The molecule has 9 heteroatoms. The Hall–Kier alpha value is -2.51. The highest BCUT2D eigenvalue weighted by Crippen LogP contribution is 2.31. The first kappa shape index (κ1) is 18.3. The molecule has 2 aromatic rings. The van der Waals surface area contributed by atoms with Crippen LogP contribution in [0.4, 0.5) is 10.5 Å². The molecule has 136 valence electrons. The number of carbonyl (C=O) groups is 2. The second-order valence-electron chi connectivity index (χ2n) is 5.83. The Labute approximate surface area is 159 Å². The number of nitrogens with zero attached hydrogens (tertiary/aromatic N) is 1. The van der Waals surface area contributed by atoms with E-state index in [1.165, 1.54) is 0 Å². The molecule has 1 aromatic heterocycles. The van der Waals surface area contributed by atoms with Gasteiger partial charge in [0.15, 0.2) is 5.76 Å². The maximum absolute atomic E-state index is 12.6. The summed E-state index contributed by atoms with van der Waals surface area (Å²) in [6, 6.07) is 4.06. The number of nitrogens with one attached hydrogen (secondary N) is 2. The maximum atomic E-state index is 12.6. The number of hydrogen-bond acceptors (Lipinski definition) is 4. The van der Waals surface area contributed by atoms with Crippen molar-refractivity contribution in [3.63, 3.8) is 0 Å². The first-order valence-electron chi connectivity index (χ1n) is 7.88. The molecular weight excluding hydrogens is 379 g/mol. The number of rotatable bonds is 3. The second-order valence-corrected chi connectivity index (χ2v) is 6.64. The van der Waals surface area contributed by atoms with Gasteiger partial charge in [0.05, 0.1) is 15.8 Å². The number of furan rings is 1. The number of hydrogen-bond donors (Lipinski definition) is 3. The van der Waals surface area contributed by atoms with E-state index in [-0.39, 0.29) is 5.76 Å². The van der Waals surface area contributed by atoms with Gasteiger partial charge in [0.1, 0.15) is 5.76 Å². The highest BCUT2D eigenvalue weighted by molar-refractivity contribution is 6.42. The third-order valence-corrected chi connectivity index (χ3v) is 4.75. The SMILES string of the molecule is Cc1c(C(=O)Nc2ccc(Cl)c(Cl)c2)oc2c1/C(=N/NC(N)=O)CCC2. The normalized spacial score (nSPS) is 14.8. The van der Waals surface area contributed by atoms with Gasteiger partial charge in [-0.1, -0.05) is 23.2 Å². The monoisotopic (exact) mass is 394 g/mol. The topological polar surface area (TPSA) is 110 Å². The number of carbonyl (C=O) groups excluding carboxylic acids is 2. The van der Waals surface area contributed by atoms with Crippen LogP contribution in [0.2, 0.25) is 10.0 Å². The minimum absolute atomic E-state index is 0.190. The largest absolute Gasteiger partial charge is 0.455 e. The number of anilines is 1. The molecule has 1 aromatic carbocycles. The predicted octanol–water partition coefficient (Wildman–Crippen LogP) is 3.86. The van der Waals surface area contributed by atoms with Crippen molar-refractivity contribution in [2.45, 2.75) is 26.2 Å². The molecule has 0 atom stereocenters. The van der Waals surface area contributed by atoms with Gasteiger partial charge in [-0.05, 0) is 38.0 Å². The molecule has 0 saturated heterocycles. The Kier molecular flexibility index (Phi) is 5.20. The van der Waals surface area contributed by atoms with Crippen LogP contribution in [-0.4, -0.2) is 17.6 Å². The summed E-state index contributed by atoms with van der Waals surface area (Å²) < 4.78 is 5.77. The van der Waals surface area contributed by atoms with Crippen LogP contribution in [0.5, 0.6) is 0 Å². The van der Waals surface area contributed by atoms with Gasteiger partial charge in [0, 0.05) is 23.2 Å². The van der Waals surface area contributed by atoms with Crippen LogP contribution in [-0.2, 0) is 6.42 Å². The number of nitrogens with two attached hydrogens (primary N) is 1. The van der Waals surface area contributed by atoms with Crippen LogP contribution in [0.1, 0.15) is 40.3 Å². The molecule has 0 aliphatic heterocycles. The number of benzene rings is 1. The Morgan fingerprint density at radius 2 is 2.00 bits per heavy atom. The molecule has 0 unspecified atom stereocenters. The van der Waals surface area contributed by atoms with Crippen molar-refractivity contribution in [3.05, 3.63) is 50.9 Å². The number of aryl methyl sites for hydroxylation is 1. The van der Waals surface area contributed by atoms with Crippen molar-refractivity contribution >= 4 is 46.5 Å². The summed E-state index contributed by atoms with van der Waals surface area (Å²) in [5, 5.41) is 7.51. The molecule has 1 heterocycles. The van der Waals surface area contributed by atoms with E-state index >= 15 is 0 Å². The molecule has 0 fully saturated rings. The number of hydrazone groups is 1. The van der Waals surface area contributed by atoms with E-state index in [9.17, 15) is 9.59 Å². The Balaban J connectivity index is 1.89. The van der Waals surface area contributed by atoms with Gasteiger partial charge in [-0.25, -0.2) is 10.2 Å². The molecule has 1 aliphatic carbocycles. The zero-order valence-electron chi connectivity index (χ0n) is 13.9. The average molecular weight is 395 g/mol. The molecule has 0 radical (unpaired) electrons. The van der Waals surface area contributed by atoms with E-state index in [1.54, 1.807) is 25.1 Å². The van der Waals surface area contributed by atoms with Gasteiger partial charge in [-0.2, -0.15) is 5.10 Å². The maximum Gasteiger partial charge on any atom is 0.332 e. The van der Waals surface area contributed by atoms with Gasteiger partial charge in [0.25, 0.3) is 5.91 Å². The number of halogens is 2. The van der Waals surface area contributed by atoms with Crippen LogP contribution in [0.25, 0.3) is 0 Å². The van der Waals surface area contributed by atoms with Crippen LogP contribution in [0, 0.1) is 6.92 Å². The smallest absolute Gasteiger partial charge is 0.332 e. The van der Waals surface area contributed by atoms with Gasteiger partial charge < -0.3 is 15.5 Å². The molecular formula is C17H16Cl2N4O3. The van der Waals surface area contributed by atoms with Crippen molar-refractivity contribution in [1.82, 2.24) is 5.43 Å². The number of urea groups is 1. The molecule has 3 rings (SSSR count). The van der Waals surface area contributed by atoms with Crippen molar-refractivity contribution in [2.24, 2.45) is 10.8 Å². The van der Waals surface area contributed by atoms with Gasteiger partial charge in [-0.15, -0.1) is 0 Å². The first-order valence-corrected chi connectivity index (χ1v) is 8.63. The van der Waals surface area contributed by atoms with Crippen LogP contribution in [0.15, 0.2) is 27.7 Å². The quantitative estimate of drug-likeness (QED) is 0.687. The van der Waals surface area contributed by atoms with E-state index in [1.807, 2.05) is 0 Å². The third kappa shape index (κ3) is 3.68. The Morgan fingerprint density at radius 3 is 2.69 bits per heavy atom. The molecule has 3 amide bonds. The molecule has 4 N–H and O–H groups in total. The highest BCUT2D eigenvalue weighted by atomic mass is 35.5. The Morgan fingerprint density at radius 1 is 1.23 bits per heavy atom. The molecule has 7 nitrogen and oxygen atoms in total. The summed E-state index contributed by atoms with van der Waals surface area (Å²) in [4.78, 5) is 23.5. The fraction of sp³-hybridized carbons (Fsp3) is 0.235. The summed E-state index contributed by atoms with van der Waals surface area (Å²) in [7, 11) is 0. The predicted molar refractivity (Wildman–Crippen MR) is 100 cm³/mol. The molecule has 1 aliphatic rings. The van der Waals surface area contributed by atoms with Crippen LogP contribution >= 0.6 is 23.2 Å². The van der Waals surface area contributed by atoms with Crippen LogP contribution in [0.3, 0.4) is 0 Å². The van der Waals surface area contributed by atoms with Crippen molar-refractivity contribution in [1.29, 1.82) is 0 Å². The minimum Gasteiger partial charge on any atom is -0.455 e. The highest BCUT2D eigenvalue weighted by Gasteiger charge is 2.28. The van der Waals surface area contributed by atoms with Gasteiger partial charge in [0.2, 0.25) is 0 Å². The lowest BCUT2D eigenvalue weighted by molar-refractivity contribution is 0.0994. The Bertz CT molecular complexity index is 921. The van der Waals surface area contributed by atoms with E-state index < -0.39 is 11.9 Å². The standard InChI is InChI=1S/C17H16Cl2N4O3/c1-8-14-12(22-23-17(20)25)3-2-4-13(14)26-15(8)16(24)21-9-5-6-10(18)11(19)7-9/h5-7H,2-4H2,1H3,(H,21,24)(H3,20,23,25)/b22-12+. The van der Waals surface area contributed by atoms with Crippen molar-refractivity contribution in [2.75, 3.05) is 5.32 Å². The third-order valence-electron chi connectivity index (χ3n) is 4.01. The number of amides is 3. The van der Waals surface area contributed by atoms with E-state index in [0.29, 0.717) is 45.6 Å². The second kappa shape index (κ2) is 7.39. The van der Waals surface area contributed by atoms with E-state index in [0.717, 1.165) is 12.0 Å². The fourth-order valence-corrected chi connectivity index (χ4v) is 3.18. The minimum atomic E-state index is -0.747. The fourth-order valence-electron chi connectivity index (χ4n) is 2.88. The molecule has 0 spiro atoms. The number of fused-ring (bicyclic) bond motifs is 1. The lowest BCUT2D eigenvalue weighted by Gasteiger charge is -2.13. The van der Waals surface area contributed by atoms with E-state index in [4.69, 9.17) is 33.4 Å². The molecule has 26 heavy (non-hydrogen) atoms. The summed E-state index contributed by atoms with van der Waals surface area (Å²) in [6.45, 7) is 1.77. The van der Waals surface area contributed by atoms with Crippen molar-refractivity contribution in [3.8, 4) is 0 Å². The van der Waals surface area contributed by atoms with Gasteiger partial charge >= 0.3 is 6.03 Å². The summed E-state index contributed by atoms with van der Waals surface area (Å²) in [5.74, 6) is 0.449. The van der Waals surface area contributed by atoms with E-state index in [2.05, 4.69) is 15.8 Å². The van der Waals surface area contributed by atoms with Crippen LogP contribution < -0.4 is 16.5 Å². The summed E-state index contributed by atoms with van der Waals surface area (Å²) in [6.07, 6.45) is 2.14. The lowest BCUT2D eigenvalue weighted by atomic mass is 9.93. The average Bonchev–Trinajstić information content (AvgIpc) is 2.94. The zero-order chi connectivity index (χ0) is 18.8.